The van der Waals surface area contributed by atoms with Crippen molar-refractivity contribution >= 4 is 11.8 Å². The maximum atomic E-state index is 12.7. The largest absolute Gasteiger partial charge is 0.378 e. The first-order valence-corrected chi connectivity index (χ1v) is 7.27. The Morgan fingerprint density at radius 2 is 1.95 bits per heavy atom. The van der Waals surface area contributed by atoms with Crippen LogP contribution in [0.3, 0.4) is 0 Å². The van der Waals surface area contributed by atoms with Crippen LogP contribution in [0.15, 0.2) is 24.3 Å². The van der Waals surface area contributed by atoms with Gasteiger partial charge in [0.25, 0.3) is 5.91 Å². The summed E-state index contributed by atoms with van der Waals surface area (Å²) in [5, 5.41) is 8.60. The highest BCUT2D eigenvalue weighted by Crippen LogP contribution is 2.02. The molecule has 0 aromatic heterocycles. The molecule has 7 heteroatoms. The number of halogens is 1. The van der Waals surface area contributed by atoms with Crippen LogP contribution in [0.25, 0.3) is 0 Å². The van der Waals surface area contributed by atoms with Crippen LogP contribution in [0, 0.1) is 5.82 Å². The van der Waals surface area contributed by atoms with Crippen molar-refractivity contribution in [2.75, 3.05) is 32.8 Å². The van der Waals surface area contributed by atoms with Crippen LogP contribution in [-0.2, 0) is 9.53 Å². The minimum Gasteiger partial charge on any atom is -0.378 e. The van der Waals surface area contributed by atoms with Gasteiger partial charge in [0.2, 0.25) is 5.91 Å². The molecule has 1 aliphatic rings. The molecule has 0 aliphatic carbocycles. The highest BCUT2D eigenvalue weighted by Gasteiger charge is 2.16. The normalized spacial score (nSPS) is 17.8. The van der Waals surface area contributed by atoms with Gasteiger partial charge in [-0.1, -0.05) is 0 Å². The van der Waals surface area contributed by atoms with E-state index in [1.165, 1.54) is 24.3 Å². The summed E-state index contributed by atoms with van der Waals surface area (Å²) in [6, 6.07) is 5.34. The van der Waals surface area contributed by atoms with Gasteiger partial charge in [-0.3, -0.25) is 9.59 Å². The molecule has 3 N–H and O–H groups in total. The lowest BCUT2D eigenvalue weighted by atomic mass is 10.2. The lowest BCUT2D eigenvalue weighted by molar-refractivity contribution is -0.122. The summed E-state index contributed by atoms with van der Waals surface area (Å²) in [5.41, 5.74) is 0.385. The van der Waals surface area contributed by atoms with Crippen molar-refractivity contribution in [3.63, 3.8) is 0 Å². The van der Waals surface area contributed by atoms with E-state index in [2.05, 4.69) is 16.0 Å². The van der Waals surface area contributed by atoms with E-state index in [0.717, 1.165) is 6.54 Å². The minimum atomic E-state index is -0.385. The molecule has 0 saturated carbocycles. The Labute approximate surface area is 128 Å². The molecule has 1 unspecified atom stereocenters. The number of nitrogens with one attached hydrogen (secondary N) is 3. The summed E-state index contributed by atoms with van der Waals surface area (Å²) >= 11 is 0. The summed E-state index contributed by atoms with van der Waals surface area (Å²) in [5.74, 6) is -0.764. The van der Waals surface area contributed by atoms with Gasteiger partial charge in [-0.2, -0.15) is 0 Å². The summed E-state index contributed by atoms with van der Waals surface area (Å²) < 4.78 is 18.0. The van der Waals surface area contributed by atoms with Gasteiger partial charge < -0.3 is 20.7 Å². The Balaban J connectivity index is 1.61. The van der Waals surface area contributed by atoms with Gasteiger partial charge in [0.05, 0.1) is 13.2 Å². The zero-order chi connectivity index (χ0) is 15.8. The molecule has 1 heterocycles. The van der Waals surface area contributed by atoms with E-state index in [0.29, 0.717) is 38.3 Å². The van der Waals surface area contributed by atoms with E-state index in [-0.39, 0.29) is 23.7 Å². The summed E-state index contributed by atoms with van der Waals surface area (Å²) in [7, 11) is 0. The topological polar surface area (TPSA) is 79.5 Å². The van der Waals surface area contributed by atoms with Gasteiger partial charge >= 0.3 is 0 Å². The van der Waals surface area contributed by atoms with Crippen LogP contribution in [0.1, 0.15) is 16.8 Å². The van der Waals surface area contributed by atoms with E-state index in [9.17, 15) is 14.0 Å². The van der Waals surface area contributed by atoms with Crippen LogP contribution in [0.4, 0.5) is 4.39 Å². The Morgan fingerprint density at radius 3 is 2.64 bits per heavy atom. The van der Waals surface area contributed by atoms with Gasteiger partial charge in [0.1, 0.15) is 5.82 Å². The van der Waals surface area contributed by atoms with E-state index in [1.807, 2.05) is 0 Å². The summed E-state index contributed by atoms with van der Waals surface area (Å²) in [6.07, 6.45) is 0.353. The molecule has 2 rings (SSSR count). The molecule has 1 atom stereocenters. The number of hydrogen-bond acceptors (Lipinski definition) is 4. The highest BCUT2D eigenvalue weighted by atomic mass is 19.1. The Hall–Kier alpha value is -1.99. The van der Waals surface area contributed by atoms with Crippen molar-refractivity contribution in [1.29, 1.82) is 0 Å². The number of rotatable bonds is 6. The fraction of sp³-hybridized carbons (Fsp3) is 0.467. The van der Waals surface area contributed by atoms with Crippen LogP contribution in [-0.4, -0.2) is 50.7 Å². The third kappa shape index (κ3) is 5.42. The van der Waals surface area contributed by atoms with Crippen molar-refractivity contribution in [3.05, 3.63) is 35.6 Å². The van der Waals surface area contributed by atoms with E-state index in [1.54, 1.807) is 0 Å². The smallest absolute Gasteiger partial charge is 0.251 e. The van der Waals surface area contributed by atoms with Gasteiger partial charge in [-0.25, -0.2) is 4.39 Å². The van der Waals surface area contributed by atoms with Gasteiger partial charge in [-0.15, -0.1) is 0 Å². The second-order valence-corrected chi connectivity index (χ2v) is 5.04. The molecule has 120 valence electrons. The van der Waals surface area contributed by atoms with Crippen molar-refractivity contribution in [2.45, 2.75) is 12.5 Å². The van der Waals surface area contributed by atoms with E-state index >= 15 is 0 Å². The molecule has 0 spiro atoms. The molecular formula is C15H20FN3O3. The first kappa shape index (κ1) is 16.4. The SMILES string of the molecule is O=C(CC1COCCN1)NCCNC(=O)c1ccc(F)cc1. The molecule has 0 radical (unpaired) electrons. The molecule has 1 aromatic carbocycles. The number of benzene rings is 1. The molecule has 1 saturated heterocycles. The second kappa shape index (κ2) is 8.45. The monoisotopic (exact) mass is 309 g/mol. The molecule has 6 nitrogen and oxygen atoms in total. The summed E-state index contributed by atoms with van der Waals surface area (Å²) in [4.78, 5) is 23.4. The van der Waals surface area contributed by atoms with Crippen LogP contribution in [0.2, 0.25) is 0 Å². The fourth-order valence-corrected chi connectivity index (χ4v) is 2.13. The number of hydrogen-bond donors (Lipinski definition) is 3. The second-order valence-electron chi connectivity index (χ2n) is 5.04. The lowest BCUT2D eigenvalue weighted by Gasteiger charge is -2.23. The molecule has 1 aliphatic heterocycles. The van der Waals surface area contributed by atoms with Crippen molar-refractivity contribution < 1.29 is 18.7 Å². The Kier molecular flexibility index (Phi) is 6.29. The maximum Gasteiger partial charge on any atom is 0.251 e. The van der Waals surface area contributed by atoms with Gasteiger partial charge in [0, 0.05) is 37.7 Å². The summed E-state index contributed by atoms with van der Waals surface area (Å²) in [6.45, 7) is 2.63. The molecular weight excluding hydrogens is 289 g/mol. The fourth-order valence-electron chi connectivity index (χ4n) is 2.13. The van der Waals surface area contributed by atoms with Gasteiger partial charge in [0.15, 0.2) is 0 Å². The number of morpholine rings is 1. The predicted molar refractivity (Wildman–Crippen MR) is 79.0 cm³/mol. The first-order valence-electron chi connectivity index (χ1n) is 7.27. The third-order valence-electron chi connectivity index (χ3n) is 3.27. The molecule has 22 heavy (non-hydrogen) atoms. The molecule has 2 amide bonds. The van der Waals surface area contributed by atoms with Gasteiger partial charge in [-0.05, 0) is 24.3 Å². The van der Waals surface area contributed by atoms with Crippen molar-refractivity contribution in [3.8, 4) is 0 Å². The molecule has 0 bridgehead atoms. The minimum absolute atomic E-state index is 0.0440. The van der Waals surface area contributed by atoms with Crippen molar-refractivity contribution in [1.82, 2.24) is 16.0 Å². The molecule has 1 aromatic rings. The average molecular weight is 309 g/mol. The molecule has 1 fully saturated rings. The van der Waals surface area contributed by atoms with Crippen LogP contribution < -0.4 is 16.0 Å². The average Bonchev–Trinajstić information content (AvgIpc) is 2.53. The lowest BCUT2D eigenvalue weighted by Crippen LogP contribution is -2.45. The van der Waals surface area contributed by atoms with Crippen molar-refractivity contribution in [2.24, 2.45) is 0 Å². The zero-order valence-electron chi connectivity index (χ0n) is 12.2. The number of amides is 2. The zero-order valence-corrected chi connectivity index (χ0v) is 12.2. The third-order valence-corrected chi connectivity index (χ3v) is 3.27. The van der Waals surface area contributed by atoms with E-state index in [4.69, 9.17) is 4.74 Å². The Morgan fingerprint density at radius 1 is 1.23 bits per heavy atom. The number of ether oxygens (including phenoxy) is 1. The Bertz CT molecular complexity index is 501. The van der Waals surface area contributed by atoms with Crippen LogP contribution in [0.5, 0.6) is 0 Å². The number of carbonyl (C=O) groups excluding carboxylic acids is 2. The van der Waals surface area contributed by atoms with Crippen LogP contribution >= 0.6 is 0 Å². The quantitative estimate of drug-likeness (QED) is 0.649. The number of carbonyl (C=O) groups is 2. The predicted octanol–water partition coefficient (Wildman–Crippen LogP) is 0.0502. The standard InChI is InChI=1S/C15H20FN3O3/c16-12-3-1-11(2-4-12)15(21)19-6-5-18-14(20)9-13-10-22-8-7-17-13/h1-4,13,17H,5-10H2,(H,18,20)(H,19,21). The highest BCUT2D eigenvalue weighted by molar-refractivity contribution is 5.94. The van der Waals surface area contributed by atoms with E-state index < -0.39 is 0 Å². The maximum absolute atomic E-state index is 12.7. The first-order chi connectivity index (χ1) is 10.6.